The van der Waals surface area contributed by atoms with Crippen molar-refractivity contribution in [1.82, 2.24) is 15.2 Å². The molecule has 1 aromatic heterocycles. The van der Waals surface area contributed by atoms with E-state index in [-0.39, 0.29) is 11.7 Å². The maximum absolute atomic E-state index is 11.1. The quantitative estimate of drug-likeness (QED) is 0.650. The maximum atomic E-state index is 11.1. The predicted octanol–water partition coefficient (Wildman–Crippen LogP) is 1.31. The average molecular weight is 288 g/mol. The second-order valence-corrected chi connectivity index (χ2v) is 5.11. The predicted molar refractivity (Wildman–Crippen MR) is 77.9 cm³/mol. The first-order chi connectivity index (χ1) is 10.1. The fourth-order valence-electron chi connectivity index (χ4n) is 2.54. The van der Waals surface area contributed by atoms with Gasteiger partial charge in [-0.3, -0.25) is 15.2 Å². The van der Waals surface area contributed by atoms with E-state index in [0.717, 1.165) is 19.4 Å². The number of para-hydroxylation sites is 1. The Hall–Kier alpha value is -2.48. The molecule has 0 amide bonds. The maximum Gasteiger partial charge on any atom is 0.280 e. The van der Waals surface area contributed by atoms with E-state index in [1.165, 1.54) is 6.07 Å². The van der Waals surface area contributed by atoms with Gasteiger partial charge in [-0.2, -0.15) is 4.98 Å². The minimum Gasteiger partial charge on any atom is -0.338 e. The molecule has 0 saturated carbocycles. The van der Waals surface area contributed by atoms with Crippen LogP contribution in [0.5, 0.6) is 0 Å². The summed E-state index contributed by atoms with van der Waals surface area (Å²) in [6.07, 6.45) is 1.99. The van der Waals surface area contributed by atoms with E-state index in [4.69, 9.17) is 5.73 Å². The Balaban J connectivity index is 1.90. The number of hydrogen-bond acceptors (Lipinski definition) is 6. The lowest BCUT2D eigenvalue weighted by Crippen LogP contribution is -2.43. The molecule has 2 aromatic rings. The molecule has 0 bridgehead atoms. The number of H-pyrrole nitrogens is 1. The van der Waals surface area contributed by atoms with Gasteiger partial charge in [0.25, 0.3) is 5.69 Å². The molecule has 110 valence electrons. The first-order valence-corrected chi connectivity index (χ1v) is 6.82. The number of benzene rings is 1. The van der Waals surface area contributed by atoms with Gasteiger partial charge in [0.1, 0.15) is 0 Å². The van der Waals surface area contributed by atoms with E-state index >= 15 is 0 Å². The Kier molecular flexibility index (Phi) is 3.53. The van der Waals surface area contributed by atoms with E-state index in [0.29, 0.717) is 23.9 Å². The highest BCUT2D eigenvalue weighted by molar-refractivity contribution is 5.68. The van der Waals surface area contributed by atoms with Gasteiger partial charge >= 0.3 is 0 Å². The summed E-state index contributed by atoms with van der Waals surface area (Å²) in [6.45, 7) is 1.55. The molecule has 0 radical (unpaired) electrons. The number of nitrogens with zero attached hydrogens (tertiary/aromatic N) is 4. The lowest BCUT2D eigenvalue weighted by atomic mass is 10.1. The Labute approximate surface area is 121 Å². The minimum absolute atomic E-state index is 0.00976. The van der Waals surface area contributed by atoms with E-state index in [1.807, 2.05) is 4.90 Å². The molecular formula is C13H16N6O2. The molecule has 1 aliphatic rings. The van der Waals surface area contributed by atoms with Gasteiger partial charge in [-0.25, -0.2) is 0 Å². The molecule has 1 fully saturated rings. The van der Waals surface area contributed by atoms with Crippen LogP contribution in [-0.4, -0.2) is 39.2 Å². The Morgan fingerprint density at radius 1 is 1.43 bits per heavy atom. The van der Waals surface area contributed by atoms with E-state index < -0.39 is 4.92 Å². The Morgan fingerprint density at radius 3 is 3.00 bits per heavy atom. The second kappa shape index (κ2) is 5.49. The standard InChI is InChI=1S/C13H16N6O2/c14-9-4-3-7-18(8-9)13-15-12(16-17-13)10-5-1-2-6-11(10)19(20)21/h1-2,5-6,9H,3-4,7-8,14H2,(H,15,16,17). The van der Waals surface area contributed by atoms with Crippen LogP contribution < -0.4 is 10.6 Å². The lowest BCUT2D eigenvalue weighted by molar-refractivity contribution is -0.384. The van der Waals surface area contributed by atoms with Crippen molar-refractivity contribution < 1.29 is 4.92 Å². The number of nitrogens with one attached hydrogen (secondary N) is 1. The number of aromatic amines is 1. The lowest BCUT2D eigenvalue weighted by Gasteiger charge is -2.29. The second-order valence-electron chi connectivity index (χ2n) is 5.11. The summed E-state index contributed by atoms with van der Waals surface area (Å²) in [6, 6.07) is 6.59. The molecule has 2 heterocycles. The van der Waals surface area contributed by atoms with Gasteiger partial charge in [0, 0.05) is 25.2 Å². The molecule has 0 aliphatic carbocycles. The van der Waals surface area contributed by atoms with Crippen molar-refractivity contribution in [3.05, 3.63) is 34.4 Å². The SMILES string of the molecule is NC1CCCN(c2n[nH]c(-c3ccccc3[N+](=O)[O-])n2)C1. The van der Waals surface area contributed by atoms with Crippen molar-refractivity contribution in [3.63, 3.8) is 0 Å². The van der Waals surface area contributed by atoms with Gasteiger partial charge in [0.15, 0.2) is 5.82 Å². The third kappa shape index (κ3) is 2.70. The molecule has 1 atom stereocenters. The number of anilines is 1. The van der Waals surface area contributed by atoms with Crippen molar-refractivity contribution in [1.29, 1.82) is 0 Å². The van der Waals surface area contributed by atoms with Crippen LogP contribution in [0.15, 0.2) is 24.3 Å². The summed E-state index contributed by atoms with van der Waals surface area (Å²) < 4.78 is 0. The van der Waals surface area contributed by atoms with Gasteiger partial charge in [-0.1, -0.05) is 12.1 Å². The number of nitrogens with two attached hydrogens (primary N) is 1. The molecule has 8 nitrogen and oxygen atoms in total. The topological polar surface area (TPSA) is 114 Å². The van der Waals surface area contributed by atoms with Crippen LogP contribution in [0.25, 0.3) is 11.4 Å². The highest BCUT2D eigenvalue weighted by atomic mass is 16.6. The van der Waals surface area contributed by atoms with Crippen LogP contribution >= 0.6 is 0 Å². The summed E-state index contributed by atoms with van der Waals surface area (Å²) >= 11 is 0. The molecule has 1 unspecified atom stereocenters. The minimum atomic E-state index is -0.422. The number of nitro groups is 1. The molecule has 21 heavy (non-hydrogen) atoms. The van der Waals surface area contributed by atoms with Crippen molar-refractivity contribution in [2.75, 3.05) is 18.0 Å². The molecule has 3 N–H and O–H groups in total. The van der Waals surface area contributed by atoms with E-state index in [9.17, 15) is 10.1 Å². The fraction of sp³-hybridized carbons (Fsp3) is 0.385. The monoisotopic (exact) mass is 288 g/mol. The van der Waals surface area contributed by atoms with Crippen LogP contribution in [0.2, 0.25) is 0 Å². The normalized spacial score (nSPS) is 18.7. The van der Waals surface area contributed by atoms with Gasteiger partial charge in [0.2, 0.25) is 5.95 Å². The van der Waals surface area contributed by atoms with Gasteiger partial charge in [0.05, 0.1) is 10.5 Å². The summed E-state index contributed by atoms with van der Waals surface area (Å²) in [4.78, 5) is 17.0. The average Bonchev–Trinajstić information content (AvgIpc) is 2.97. The zero-order valence-electron chi connectivity index (χ0n) is 11.4. The Morgan fingerprint density at radius 2 is 2.24 bits per heavy atom. The molecule has 3 rings (SSSR count). The third-order valence-corrected chi connectivity index (χ3v) is 3.57. The molecule has 0 spiro atoms. The number of nitro benzene ring substituents is 1. The highest BCUT2D eigenvalue weighted by Crippen LogP contribution is 2.28. The first kappa shape index (κ1) is 13.5. The number of piperidine rings is 1. The first-order valence-electron chi connectivity index (χ1n) is 6.82. The van der Waals surface area contributed by atoms with Gasteiger partial charge in [-0.05, 0) is 18.9 Å². The molecule has 1 saturated heterocycles. The zero-order valence-corrected chi connectivity index (χ0v) is 11.4. The largest absolute Gasteiger partial charge is 0.338 e. The van der Waals surface area contributed by atoms with Crippen LogP contribution in [0.1, 0.15) is 12.8 Å². The van der Waals surface area contributed by atoms with Crippen LogP contribution in [0.3, 0.4) is 0 Å². The summed E-state index contributed by atoms with van der Waals surface area (Å²) in [7, 11) is 0. The van der Waals surface area contributed by atoms with Crippen LogP contribution in [-0.2, 0) is 0 Å². The fourth-order valence-corrected chi connectivity index (χ4v) is 2.54. The Bertz CT molecular complexity index is 656. The van der Waals surface area contributed by atoms with E-state index in [2.05, 4.69) is 15.2 Å². The molecule has 1 aromatic carbocycles. The van der Waals surface area contributed by atoms with Crippen LogP contribution in [0, 0.1) is 10.1 Å². The smallest absolute Gasteiger partial charge is 0.280 e. The zero-order chi connectivity index (χ0) is 14.8. The van der Waals surface area contributed by atoms with Gasteiger partial charge in [-0.15, -0.1) is 5.10 Å². The highest BCUT2D eigenvalue weighted by Gasteiger charge is 2.22. The summed E-state index contributed by atoms with van der Waals surface area (Å²) in [5.74, 6) is 0.940. The number of hydrogen-bond donors (Lipinski definition) is 2. The van der Waals surface area contributed by atoms with Crippen molar-refractivity contribution in [2.45, 2.75) is 18.9 Å². The van der Waals surface area contributed by atoms with Crippen molar-refractivity contribution in [2.24, 2.45) is 5.73 Å². The summed E-state index contributed by atoms with van der Waals surface area (Å²) in [5, 5.41) is 18.0. The van der Waals surface area contributed by atoms with Crippen LogP contribution in [0.4, 0.5) is 11.6 Å². The third-order valence-electron chi connectivity index (χ3n) is 3.57. The van der Waals surface area contributed by atoms with Crippen molar-refractivity contribution in [3.8, 4) is 11.4 Å². The number of rotatable bonds is 3. The molecular weight excluding hydrogens is 272 g/mol. The summed E-state index contributed by atoms with van der Waals surface area (Å²) in [5.41, 5.74) is 6.39. The van der Waals surface area contributed by atoms with Gasteiger partial charge < -0.3 is 10.6 Å². The van der Waals surface area contributed by atoms with E-state index in [1.54, 1.807) is 18.2 Å². The number of aromatic nitrogens is 3. The molecule has 8 heteroatoms. The van der Waals surface area contributed by atoms with Crippen molar-refractivity contribution >= 4 is 11.6 Å². The molecule has 1 aliphatic heterocycles.